The lowest BCUT2D eigenvalue weighted by Crippen LogP contribution is -2.54. The van der Waals surface area contributed by atoms with Crippen molar-refractivity contribution in [2.45, 2.75) is 50.6 Å². The van der Waals surface area contributed by atoms with Gasteiger partial charge in [0.1, 0.15) is 11.4 Å². The maximum Gasteiger partial charge on any atom is 0.244 e. The molecule has 1 fully saturated rings. The highest BCUT2D eigenvalue weighted by atomic mass is 35.5. The van der Waals surface area contributed by atoms with Gasteiger partial charge in [0.25, 0.3) is 0 Å². The van der Waals surface area contributed by atoms with Crippen LogP contribution in [0.15, 0.2) is 24.3 Å². The Morgan fingerprint density at radius 1 is 1.19 bits per heavy atom. The molecule has 3 heterocycles. The number of amides is 1. The zero-order valence-electron chi connectivity index (χ0n) is 15.3. The molecule has 2 aliphatic rings. The monoisotopic (exact) mass is 391 g/mol. The molecule has 146 valence electrons. The van der Waals surface area contributed by atoms with Crippen LogP contribution in [0.25, 0.3) is 11.4 Å². The highest BCUT2D eigenvalue weighted by Gasteiger charge is 2.36. The molecule has 1 aromatic heterocycles. The van der Waals surface area contributed by atoms with Gasteiger partial charge in [-0.15, -0.1) is 22.6 Å². The summed E-state index contributed by atoms with van der Waals surface area (Å²) in [6.45, 7) is 1.99. The number of halogens is 1. The molecule has 2 aliphatic heterocycles. The predicted octanol–water partition coefficient (Wildman–Crippen LogP) is 2.54. The average Bonchev–Trinajstić information content (AvgIpc) is 2.91. The Morgan fingerprint density at radius 2 is 2.00 bits per heavy atom. The van der Waals surface area contributed by atoms with Gasteiger partial charge in [-0.1, -0.05) is 18.6 Å². The highest BCUT2D eigenvalue weighted by molar-refractivity contribution is 5.98. The number of hydrogen-bond acceptors (Lipinski definition) is 5. The number of aryl methyl sites for hydroxylation is 1. The number of nitrogens with two attached hydrogens (primary N) is 1. The SMILES string of the molecule is Cl.NC1(C(=O)Nc2cccc(-c3nnc4n3CCCCC4)c2)CCOCC1. The Hall–Kier alpha value is -1.96. The van der Waals surface area contributed by atoms with Crippen LogP contribution in [0.1, 0.15) is 37.9 Å². The number of hydrogen-bond donors (Lipinski definition) is 2. The second-order valence-electron chi connectivity index (χ2n) is 7.21. The van der Waals surface area contributed by atoms with Crippen molar-refractivity contribution in [2.24, 2.45) is 5.73 Å². The smallest absolute Gasteiger partial charge is 0.244 e. The van der Waals surface area contributed by atoms with E-state index in [1.807, 2.05) is 24.3 Å². The van der Waals surface area contributed by atoms with Crippen molar-refractivity contribution in [3.63, 3.8) is 0 Å². The van der Waals surface area contributed by atoms with Crippen LogP contribution in [0.2, 0.25) is 0 Å². The van der Waals surface area contributed by atoms with Crippen LogP contribution in [-0.4, -0.2) is 39.4 Å². The average molecular weight is 392 g/mol. The number of carbonyl (C=O) groups is 1. The molecule has 2 aromatic rings. The third-order valence-electron chi connectivity index (χ3n) is 5.33. The number of benzene rings is 1. The summed E-state index contributed by atoms with van der Waals surface area (Å²) in [6.07, 6.45) is 5.58. The number of anilines is 1. The molecule has 27 heavy (non-hydrogen) atoms. The van der Waals surface area contributed by atoms with Crippen LogP contribution in [-0.2, 0) is 22.5 Å². The highest BCUT2D eigenvalue weighted by Crippen LogP contribution is 2.26. The minimum atomic E-state index is -0.861. The van der Waals surface area contributed by atoms with E-state index in [0.717, 1.165) is 48.7 Å². The first-order valence-electron chi connectivity index (χ1n) is 9.36. The molecule has 3 N–H and O–H groups in total. The molecule has 0 saturated carbocycles. The predicted molar refractivity (Wildman–Crippen MR) is 106 cm³/mol. The number of fused-ring (bicyclic) bond motifs is 1. The second-order valence-corrected chi connectivity index (χ2v) is 7.21. The van der Waals surface area contributed by atoms with E-state index >= 15 is 0 Å². The number of carbonyl (C=O) groups excluding carboxylic acids is 1. The van der Waals surface area contributed by atoms with Crippen molar-refractivity contribution in [3.8, 4) is 11.4 Å². The summed E-state index contributed by atoms with van der Waals surface area (Å²) in [7, 11) is 0. The van der Waals surface area contributed by atoms with Crippen LogP contribution in [0.3, 0.4) is 0 Å². The Labute approximate surface area is 165 Å². The summed E-state index contributed by atoms with van der Waals surface area (Å²) >= 11 is 0. The fourth-order valence-electron chi connectivity index (χ4n) is 3.65. The van der Waals surface area contributed by atoms with Crippen molar-refractivity contribution in [1.29, 1.82) is 0 Å². The molecular weight excluding hydrogens is 366 g/mol. The van der Waals surface area contributed by atoms with E-state index in [1.54, 1.807) is 0 Å². The van der Waals surface area contributed by atoms with Gasteiger partial charge in [-0.2, -0.15) is 0 Å². The third kappa shape index (κ3) is 4.15. The number of nitrogens with zero attached hydrogens (tertiary/aromatic N) is 3. The number of ether oxygens (including phenoxy) is 1. The Balaban J connectivity index is 0.00000210. The van der Waals surface area contributed by atoms with Gasteiger partial charge in [0.2, 0.25) is 5.91 Å². The lowest BCUT2D eigenvalue weighted by Gasteiger charge is -2.31. The second kappa shape index (κ2) is 8.37. The molecular formula is C19H26ClN5O2. The lowest BCUT2D eigenvalue weighted by molar-refractivity contribution is -0.124. The molecule has 0 aliphatic carbocycles. The normalized spacial score (nSPS) is 18.7. The third-order valence-corrected chi connectivity index (χ3v) is 5.33. The quantitative estimate of drug-likeness (QED) is 0.838. The molecule has 1 aromatic carbocycles. The van der Waals surface area contributed by atoms with Crippen LogP contribution < -0.4 is 11.1 Å². The minimum absolute atomic E-state index is 0. The zero-order chi connectivity index (χ0) is 18.0. The molecule has 0 bridgehead atoms. The summed E-state index contributed by atoms with van der Waals surface area (Å²) in [4.78, 5) is 12.6. The maximum atomic E-state index is 12.6. The number of aromatic nitrogens is 3. The van der Waals surface area contributed by atoms with Gasteiger partial charge in [0.15, 0.2) is 5.82 Å². The summed E-state index contributed by atoms with van der Waals surface area (Å²) in [5.41, 5.74) is 7.10. The van der Waals surface area contributed by atoms with E-state index in [-0.39, 0.29) is 18.3 Å². The van der Waals surface area contributed by atoms with Gasteiger partial charge in [0, 0.05) is 37.4 Å². The maximum absolute atomic E-state index is 12.6. The molecule has 7 nitrogen and oxygen atoms in total. The molecule has 0 spiro atoms. The summed E-state index contributed by atoms with van der Waals surface area (Å²) < 4.78 is 7.52. The summed E-state index contributed by atoms with van der Waals surface area (Å²) in [6, 6.07) is 7.76. The fraction of sp³-hybridized carbons (Fsp3) is 0.526. The van der Waals surface area contributed by atoms with Crippen LogP contribution in [0, 0.1) is 0 Å². The van der Waals surface area contributed by atoms with Gasteiger partial charge in [-0.25, -0.2) is 0 Å². The van der Waals surface area contributed by atoms with Crippen LogP contribution in [0.5, 0.6) is 0 Å². The Bertz CT molecular complexity index is 801. The molecule has 0 atom stereocenters. The molecule has 1 amide bonds. The lowest BCUT2D eigenvalue weighted by atomic mass is 9.90. The number of rotatable bonds is 3. The summed E-state index contributed by atoms with van der Waals surface area (Å²) in [5.74, 6) is 1.76. The van der Waals surface area contributed by atoms with Gasteiger partial charge < -0.3 is 20.4 Å². The molecule has 8 heteroatoms. The van der Waals surface area contributed by atoms with Gasteiger partial charge in [-0.3, -0.25) is 4.79 Å². The van der Waals surface area contributed by atoms with Crippen molar-refractivity contribution >= 4 is 24.0 Å². The molecule has 0 radical (unpaired) electrons. The first kappa shape index (κ1) is 19.8. The molecule has 4 rings (SSSR count). The largest absolute Gasteiger partial charge is 0.381 e. The Kier molecular flexibility index (Phi) is 6.14. The first-order chi connectivity index (χ1) is 12.7. The van der Waals surface area contributed by atoms with Crippen molar-refractivity contribution in [3.05, 3.63) is 30.1 Å². The van der Waals surface area contributed by atoms with E-state index in [4.69, 9.17) is 10.5 Å². The van der Waals surface area contributed by atoms with Gasteiger partial charge >= 0.3 is 0 Å². The first-order valence-corrected chi connectivity index (χ1v) is 9.36. The van der Waals surface area contributed by atoms with Crippen LogP contribution >= 0.6 is 12.4 Å². The van der Waals surface area contributed by atoms with E-state index in [1.165, 1.54) is 6.42 Å². The van der Waals surface area contributed by atoms with E-state index in [0.29, 0.717) is 26.1 Å². The zero-order valence-corrected chi connectivity index (χ0v) is 16.1. The van der Waals surface area contributed by atoms with Gasteiger partial charge in [0.05, 0.1) is 0 Å². The molecule has 1 saturated heterocycles. The van der Waals surface area contributed by atoms with E-state index in [9.17, 15) is 4.79 Å². The minimum Gasteiger partial charge on any atom is -0.381 e. The molecule has 0 unspecified atom stereocenters. The fourth-order valence-corrected chi connectivity index (χ4v) is 3.65. The van der Waals surface area contributed by atoms with Crippen LogP contribution in [0.4, 0.5) is 5.69 Å². The van der Waals surface area contributed by atoms with E-state index < -0.39 is 5.54 Å². The van der Waals surface area contributed by atoms with Gasteiger partial charge in [-0.05, 0) is 37.8 Å². The van der Waals surface area contributed by atoms with Crippen molar-refractivity contribution in [1.82, 2.24) is 14.8 Å². The van der Waals surface area contributed by atoms with Crippen molar-refractivity contribution in [2.75, 3.05) is 18.5 Å². The van der Waals surface area contributed by atoms with Crippen molar-refractivity contribution < 1.29 is 9.53 Å². The summed E-state index contributed by atoms with van der Waals surface area (Å²) in [5, 5.41) is 11.7. The standard InChI is InChI=1S/C19H25N5O2.ClH/c20-19(8-11-26-12-9-19)18(25)21-15-6-4-5-14(13-15)17-23-22-16-7-2-1-3-10-24(16)17;/h4-6,13H,1-3,7-12,20H2,(H,21,25);1H. The van der Waals surface area contributed by atoms with E-state index in [2.05, 4.69) is 20.1 Å². The number of nitrogens with one attached hydrogen (secondary N) is 1. The Morgan fingerprint density at radius 3 is 2.81 bits per heavy atom. The topological polar surface area (TPSA) is 95.1 Å².